The Morgan fingerprint density at radius 1 is 1.24 bits per heavy atom. The van der Waals surface area contributed by atoms with Crippen LogP contribution in [0.15, 0.2) is 28.3 Å². The molecule has 5 heteroatoms. The lowest BCUT2D eigenvalue weighted by Crippen LogP contribution is -1.98. The molecular weight excluding hydrogens is 252 g/mol. The minimum Gasteiger partial charge on any atom is -0.476 e. The number of rotatable bonds is 3. The van der Waals surface area contributed by atoms with Crippen molar-refractivity contribution in [1.29, 1.82) is 0 Å². The SMILES string of the molecule is CCOc1nc2cscc2nc1-c1cccs1. The average Bonchev–Trinajstić information content (AvgIpc) is 2.98. The maximum absolute atomic E-state index is 5.58. The van der Waals surface area contributed by atoms with E-state index in [1.807, 2.05) is 35.2 Å². The van der Waals surface area contributed by atoms with Crippen molar-refractivity contribution < 1.29 is 4.74 Å². The monoisotopic (exact) mass is 262 g/mol. The third-order valence-corrected chi connectivity index (χ3v) is 3.91. The number of fused-ring (bicyclic) bond motifs is 1. The normalized spacial score (nSPS) is 10.9. The van der Waals surface area contributed by atoms with E-state index in [1.54, 1.807) is 22.7 Å². The first kappa shape index (κ1) is 10.7. The molecule has 0 unspecified atom stereocenters. The molecule has 0 saturated heterocycles. The predicted octanol–water partition coefficient (Wildman–Crippen LogP) is 3.82. The van der Waals surface area contributed by atoms with E-state index < -0.39 is 0 Å². The summed E-state index contributed by atoms with van der Waals surface area (Å²) in [6.45, 7) is 2.56. The van der Waals surface area contributed by atoms with Gasteiger partial charge in [0.15, 0.2) is 0 Å². The van der Waals surface area contributed by atoms with Crippen LogP contribution in [-0.4, -0.2) is 16.6 Å². The second kappa shape index (κ2) is 4.43. The Labute approximate surface area is 107 Å². The Morgan fingerprint density at radius 3 is 2.76 bits per heavy atom. The molecule has 0 aliphatic rings. The summed E-state index contributed by atoms with van der Waals surface area (Å²) in [5, 5.41) is 6.03. The van der Waals surface area contributed by atoms with Crippen molar-refractivity contribution in [2.24, 2.45) is 0 Å². The lowest BCUT2D eigenvalue weighted by atomic mass is 10.3. The van der Waals surface area contributed by atoms with Gasteiger partial charge in [0, 0.05) is 10.8 Å². The van der Waals surface area contributed by atoms with Crippen LogP contribution in [0.2, 0.25) is 0 Å². The summed E-state index contributed by atoms with van der Waals surface area (Å²) in [5.41, 5.74) is 2.67. The molecule has 0 aromatic carbocycles. The molecular formula is C12H10N2OS2. The summed E-state index contributed by atoms with van der Waals surface area (Å²) in [6, 6.07) is 4.05. The summed E-state index contributed by atoms with van der Waals surface area (Å²) in [5.74, 6) is 0.626. The summed E-state index contributed by atoms with van der Waals surface area (Å²) in [6.07, 6.45) is 0. The molecule has 0 aliphatic heterocycles. The Bertz CT molecular complexity index is 631. The molecule has 3 rings (SSSR count). The van der Waals surface area contributed by atoms with Crippen LogP contribution in [0.3, 0.4) is 0 Å². The third-order valence-electron chi connectivity index (χ3n) is 2.31. The lowest BCUT2D eigenvalue weighted by Gasteiger charge is -2.06. The van der Waals surface area contributed by atoms with Crippen molar-refractivity contribution in [3.63, 3.8) is 0 Å². The molecule has 86 valence electrons. The van der Waals surface area contributed by atoms with Gasteiger partial charge in [0.1, 0.15) is 16.7 Å². The summed E-state index contributed by atoms with van der Waals surface area (Å²) in [4.78, 5) is 10.2. The van der Waals surface area contributed by atoms with Crippen molar-refractivity contribution in [1.82, 2.24) is 9.97 Å². The zero-order chi connectivity index (χ0) is 11.7. The molecule has 0 saturated carbocycles. The van der Waals surface area contributed by atoms with Gasteiger partial charge in [0.2, 0.25) is 5.88 Å². The van der Waals surface area contributed by atoms with Gasteiger partial charge in [0.05, 0.1) is 11.5 Å². The second-order valence-electron chi connectivity index (χ2n) is 3.43. The Morgan fingerprint density at radius 2 is 2.06 bits per heavy atom. The quantitative estimate of drug-likeness (QED) is 0.719. The van der Waals surface area contributed by atoms with Gasteiger partial charge in [0.25, 0.3) is 0 Å². The van der Waals surface area contributed by atoms with Crippen LogP contribution in [-0.2, 0) is 0 Å². The lowest BCUT2D eigenvalue weighted by molar-refractivity contribution is 0.328. The molecule has 0 bridgehead atoms. The standard InChI is InChI=1S/C12H10N2OS2/c1-2-15-12-11(10-4-3-5-17-10)13-8-6-16-7-9(8)14-12/h3-7H,2H2,1H3. The fourth-order valence-corrected chi connectivity index (χ4v) is 2.97. The smallest absolute Gasteiger partial charge is 0.242 e. The van der Waals surface area contributed by atoms with E-state index in [9.17, 15) is 0 Å². The number of hydrogen-bond donors (Lipinski definition) is 0. The molecule has 3 nitrogen and oxygen atoms in total. The van der Waals surface area contributed by atoms with Crippen LogP contribution in [0.25, 0.3) is 21.6 Å². The van der Waals surface area contributed by atoms with Gasteiger partial charge in [-0.2, -0.15) is 0 Å². The van der Waals surface area contributed by atoms with E-state index in [2.05, 4.69) is 9.97 Å². The molecule has 0 fully saturated rings. The summed E-state index contributed by atoms with van der Waals surface area (Å²) >= 11 is 3.26. The minimum absolute atomic E-state index is 0.600. The number of thiophene rings is 2. The van der Waals surface area contributed by atoms with Crippen LogP contribution >= 0.6 is 22.7 Å². The van der Waals surface area contributed by atoms with E-state index in [0.29, 0.717) is 12.5 Å². The molecule has 0 N–H and O–H groups in total. The maximum atomic E-state index is 5.58. The zero-order valence-electron chi connectivity index (χ0n) is 9.21. The van der Waals surface area contributed by atoms with Crippen LogP contribution in [0.5, 0.6) is 5.88 Å². The van der Waals surface area contributed by atoms with E-state index >= 15 is 0 Å². The Kier molecular flexibility index (Phi) is 2.78. The van der Waals surface area contributed by atoms with Gasteiger partial charge in [-0.3, -0.25) is 0 Å². The number of hydrogen-bond acceptors (Lipinski definition) is 5. The largest absolute Gasteiger partial charge is 0.476 e. The molecule has 0 amide bonds. The fourth-order valence-electron chi connectivity index (χ4n) is 1.59. The molecule has 17 heavy (non-hydrogen) atoms. The van der Waals surface area contributed by atoms with Gasteiger partial charge < -0.3 is 4.74 Å². The van der Waals surface area contributed by atoms with Crippen LogP contribution < -0.4 is 4.74 Å². The molecule has 0 aliphatic carbocycles. The molecule has 3 aromatic heterocycles. The van der Waals surface area contributed by atoms with Gasteiger partial charge in [-0.15, -0.1) is 22.7 Å². The first-order valence-corrected chi connectivity index (χ1v) is 7.11. The van der Waals surface area contributed by atoms with Gasteiger partial charge in [-0.1, -0.05) is 6.07 Å². The fraction of sp³-hybridized carbons (Fsp3) is 0.167. The first-order chi connectivity index (χ1) is 8.38. The maximum Gasteiger partial charge on any atom is 0.242 e. The molecule has 0 spiro atoms. The number of ether oxygens (including phenoxy) is 1. The highest BCUT2D eigenvalue weighted by Crippen LogP contribution is 2.32. The van der Waals surface area contributed by atoms with E-state index in [4.69, 9.17) is 4.74 Å². The highest BCUT2D eigenvalue weighted by molar-refractivity contribution is 7.13. The van der Waals surface area contributed by atoms with Crippen molar-refractivity contribution in [2.45, 2.75) is 6.92 Å². The van der Waals surface area contributed by atoms with Gasteiger partial charge >= 0.3 is 0 Å². The molecule has 3 heterocycles. The van der Waals surface area contributed by atoms with Crippen LogP contribution in [0.1, 0.15) is 6.92 Å². The summed E-state index contributed by atoms with van der Waals surface area (Å²) in [7, 11) is 0. The van der Waals surface area contributed by atoms with Crippen molar-refractivity contribution in [2.75, 3.05) is 6.61 Å². The predicted molar refractivity (Wildman–Crippen MR) is 71.9 cm³/mol. The minimum atomic E-state index is 0.600. The Balaban J connectivity index is 2.22. The topological polar surface area (TPSA) is 35.0 Å². The first-order valence-electron chi connectivity index (χ1n) is 5.29. The van der Waals surface area contributed by atoms with Crippen molar-refractivity contribution >= 4 is 33.7 Å². The number of aromatic nitrogens is 2. The second-order valence-corrected chi connectivity index (χ2v) is 5.12. The third kappa shape index (κ3) is 1.92. The van der Waals surface area contributed by atoms with Crippen molar-refractivity contribution in [3.8, 4) is 16.5 Å². The van der Waals surface area contributed by atoms with E-state index in [-0.39, 0.29) is 0 Å². The highest BCUT2D eigenvalue weighted by Gasteiger charge is 2.13. The van der Waals surface area contributed by atoms with Gasteiger partial charge in [-0.25, -0.2) is 9.97 Å². The van der Waals surface area contributed by atoms with Crippen molar-refractivity contribution in [3.05, 3.63) is 28.3 Å². The summed E-state index contributed by atoms with van der Waals surface area (Å²) < 4.78 is 5.58. The van der Waals surface area contributed by atoms with E-state index in [0.717, 1.165) is 21.6 Å². The van der Waals surface area contributed by atoms with Crippen LogP contribution in [0.4, 0.5) is 0 Å². The molecule has 3 aromatic rings. The highest BCUT2D eigenvalue weighted by atomic mass is 32.1. The number of nitrogens with zero attached hydrogens (tertiary/aromatic N) is 2. The molecule has 0 radical (unpaired) electrons. The van der Waals surface area contributed by atoms with Crippen LogP contribution in [0, 0.1) is 0 Å². The zero-order valence-corrected chi connectivity index (χ0v) is 10.8. The van der Waals surface area contributed by atoms with E-state index in [1.165, 1.54) is 0 Å². The van der Waals surface area contributed by atoms with Gasteiger partial charge in [-0.05, 0) is 18.4 Å². The Hall–Kier alpha value is -1.46. The molecule has 0 atom stereocenters. The average molecular weight is 262 g/mol.